The van der Waals surface area contributed by atoms with Crippen LogP contribution in [0.4, 0.5) is 0 Å². The van der Waals surface area contributed by atoms with Crippen LogP contribution in [0.5, 0.6) is 0 Å². The Morgan fingerprint density at radius 2 is 0.933 bits per heavy atom. The van der Waals surface area contributed by atoms with Crippen LogP contribution in [0.15, 0.2) is 48.5 Å². The summed E-state index contributed by atoms with van der Waals surface area (Å²) in [6, 6.07) is 18.0. The molecule has 0 nitrogen and oxygen atoms in total. The first kappa shape index (κ1) is 27.2. The summed E-state index contributed by atoms with van der Waals surface area (Å²) < 4.78 is 0. The molecule has 0 aromatic heterocycles. The van der Waals surface area contributed by atoms with Gasteiger partial charge in [-0.3, -0.25) is 0 Å². The van der Waals surface area contributed by atoms with Gasteiger partial charge in [-0.05, 0) is 27.7 Å². The van der Waals surface area contributed by atoms with Gasteiger partial charge in [0.05, 0.1) is 0 Å². The predicted molar refractivity (Wildman–Crippen MR) is 137 cm³/mol. The SMILES string of the molecule is C[Si]C.Cc1cc(C)c2cc(C)[cH-]c2c1.Cc1cc(C)c2cc(C)[cH-]c2c1.[Cl][Ti][Cl]. The van der Waals surface area contributed by atoms with E-state index in [9.17, 15) is 0 Å². The number of hydrogen-bond acceptors (Lipinski definition) is 0. The van der Waals surface area contributed by atoms with Gasteiger partial charge in [0.1, 0.15) is 0 Å². The summed E-state index contributed by atoms with van der Waals surface area (Å²) in [7, 11) is 10.9. The first-order valence-corrected chi connectivity index (χ1v) is 16.3. The van der Waals surface area contributed by atoms with E-state index in [4.69, 9.17) is 18.6 Å². The van der Waals surface area contributed by atoms with Gasteiger partial charge in [-0.15, -0.1) is 56.9 Å². The van der Waals surface area contributed by atoms with E-state index in [-0.39, 0.29) is 0 Å². The zero-order valence-electron chi connectivity index (χ0n) is 19.4. The molecule has 0 aliphatic heterocycles. The topological polar surface area (TPSA) is 0 Å². The van der Waals surface area contributed by atoms with Crippen molar-refractivity contribution in [2.45, 2.75) is 54.6 Å². The van der Waals surface area contributed by atoms with E-state index in [1.165, 1.54) is 54.9 Å². The Labute approximate surface area is 202 Å². The first-order valence-electron chi connectivity index (χ1n) is 10.00. The van der Waals surface area contributed by atoms with Gasteiger partial charge in [-0.2, -0.15) is 12.1 Å². The molecule has 0 unspecified atom stereocenters. The molecule has 0 aliphatic rings. The molecule has 4 aromatic rings. The number of benzene rings is 2. The Balaban J connectivity index is 0.000000239. The summed E-state index contributed by atoms with van der Waals surface area (Å²) >= 11 is -0.556. The molecule has 0 aliphatic carbocycles. The summed E-state index contributed by atoms with van der Waals surface area (Å²) in [4.78, 5) is 0. The predicted octanol–water partition coefficient (Wildman–Crippen LogP) is 9.13. The minimum absolute atomic E-state index is 0.556. The number of rotatable bonds is 0. The molecule has 0 spiro atoms. The maximum absolute atomic E-state index is 4.89. The third-order valence-electron chi connectivity index (χ3n) is 4.64. The molecule has 30 heavy (non-hydrogen) atoms. The first-order chi connectivity index (χ1) is 14.2. The molecular weight excluding hydrogens is 459 g/mol. The van der Waals surface area contributed by atoms with Crippen molar-refractivity contribution in [3.63, 3.8) is 0 Å². The van der Waals surface area contributed by atoms with Gasteiger partial charge in [-0.1, -0.05) is 61.3 Å². The Morgan fingerprint density at radius 3 is 1.23 bits per heavy atom. The van der Waals surface area contributed by atoms with Gasteiger partial charge < -0.3 is 0 Å². The Kier molecular flexibility index (Phi) is 12.3. The van der Waals surface area contributed by atoms with Crippen LogP contribution in [-0.4, -0.2) is 9.52 Å². The number of halogens is 2. The zero-order chi connectivity index (χ0) is 22.8. The van der Waals surface area contributed by atoms with E-state index in [0.29, 0.717) is 0 Å². The van der Waals surface area contributed by atoms with Crippen LogP contribution in [0.1, 0.15) is 33.4 Å². The molecule has 160 valence electrons. The van der Waals surface area contributed by atoms with Crippen LogP contribution in [-0.2, 0) is 17.0 Å². The summed E-state index contributed by atoms with van der Waals surface area (Å²) in [5.74, 6) is 0. The average Bonchev–Trinajstić information content (AvgIpc) is 3.18. The van der Waals surface area contributed by atoms with Crippen molar-refractivity contribution in [2.75, 3.05) is 0 Å². The van der Waals surface area contributed by atoms with Gasteiger partial charge in [0.25, 0.3) is 0 Å². The van der Waals surface area contributed by atoms with Crippen molar-refractivity contribution in [3.8, 4) is 0 Å². The molecule has 0 heterocycles. The number of aryl methyl sites for hydroxylation is 6. The van der Waals surface area contributed by atoms with Gasteiger partial charge >= 0.3 is 35.6 Å². The molecule has 4 rings (SSSR count). The summed E-state index contributed by atoms with van der Waals surface area (Å²) in [5, 5.41) is 5.56. The van der Waals surface area contributed by atoms with Crippen LogP contribution in [0.2, 0.25) is 13.1 Å². The molecule has 0 saturated carbocycles. The Bertz CT molecular complexity index is 974. The molecule has 4 heteroatoms. The fourth-order valence-corrected chi connectivity index (χ4v) is 3.69. The van der Waals surface area contributed by atoms with Crippen LogP contribution < -0.4 is 0 Å². The average molecular weight is 491 g/mol. The molecular formula is C26H32Cl2SiTi-2. The normalized spacial score (nSPS) is 9.80. The van der Waals surface area contributed by atoms with Crippen molar-refractivity contribution in [2.24, 2.45) is 0 Å². The third kappa shape index (κ3) is 8.36. The summed E-state index contributed by atoms with van der Waals surface area (Å²) in [6.45, 7) is 17.2. The van der Waals surface area contributed by atoms with E-state index in [2.05, 4.69) is 103 Å². The molecule has 4 aromatic carbocycles. The number of fused-ring (bicyclic) bond motifs is 2. The van der Waals surface area contributed by atoms with E-state index in [0.717, 1.165) is 9.52 Å². The second-order valence-corrected chi connectivity index (χ2v) is 11.4. The van der Waals surface area contributed by atoms with Crippen molar-refractivity contribution in [3.05, 3.63) is 81.9 Å². The van der Waals surface area contributed by atoms with E-state index >= 15 is 0 Å². The molecule has 0 atom stereocenters. The fourth-order valence-electron chi connectivity index (χ4n) is 3.69. The van der Waals surface area contributed by atoms with Crippen LogP contribution in [0.25, 0.3) is 21.5 Å². The van der Waals surface area contributed by atoms with Crippen molar-refractivity contribution in [1.82, 2.24) is 0 Å². The second-order valence-electron chi connectivity index (χ2n) is 7.81. The van der Waals surface area contributed by atoms with Gasteiger partial charge in [0.2, 0.25) is 0 Å². The van der Waals surface area contributed by atoms with E-state index < -0.39 is 17.0 Å². The Morgan fingerprint density at radius 1 is 0.633 bits per heavy atom. The van der Waals surface area contributed by atoms with Crippen LogP contribution in [0, 0.1) is 41.5 Å². The second kappa shape index (κ2) is 13.6. The standard InChI is InChI=1S/2C12H13.C2H6Si.2ClH.Ti/c2*1-8-4-10(3)12-7-9(2)6-11(12)5-8;1-3-2;;;/h2*4-7H,1-3H3;1-2H3;2*1H;/q2*-1;;;;+2/p-2. The summed E-state index contributed by atoms with van der Waals surface area (Å²) in [5.41, 5.74) is 8.20. The zero-order valence-corrected chi connectivity index (χ0v) is 23.4. The minimum atomic E-state index is -0.556. The third-order valence-corrected chi connectivity index (χ3v) is 4.64. The number of hydrogen-bond donors (Lipinski definition) is 0. The van der Waals surface area contributed by atoms with Gasteiger partial charge in [0, 0.05) is 9.52 Å². The van der Waals surface area contributed by atoms with Crippen molar-refractivity contribution < 1.29 is 17.0 Å². The molecule has 0 amide bonds. The fraction of sp³-hybridized carbons (Fsp3) is 0.308. The molecule has 0 saturated heterocycles. The van der Waals surface area contributed by atoms with Crippen molar-refractivity contribution >= 4 is 49.7 Å². The van der Waals surface area contributed by atoms with Gasteiger partial charge in [0.15, 0.2) is 0 Å². The monoisotopic (exact) mass is 490 g/mol. The van der Waals surface area contributed by atoms with Crippen LogP contribution >= 0.6 is 18.6 Å². The van der Waals surface area contributed by atoms with Crippen molar-refractivity contribution in [1.29, 1.82) is 0 Å². The molecule has 2 radical (unpaired) electrons. The Hall–Kier alpha value is -0.829. The van der Waals surface area contributed by atoms with E-state index in [1.54, 1.807) is 0 Å². The maximum atomic E-state index is 4.89. The summed E-state index contributed by atoms with van der Waals surface area (Å²) in [6.07, 6.45) is 0. The van der Waals surface area contributed by atoms with Gasteiger partial charge in [-0.25, -0.2) is 0 Å². The molecule has 0 bridgehead atoms. The quantitative estimate of drug-likeness (QED) is 0.170. The van der Waals surface area contributed by atoms with E-state index in [1.807, 2.05) is 0 Å². The molecule has 0 N–H and O–H groups in total. The van der Waals surface area contributed by atoms with Crippen LogP contribution in [0.3, 0.4) is 0 Å². The molecule has 0 fully saturated rings.